The SMILES string of the molecule is CCOc1ccc(OCCO/N=C/c2ccc(OCc3ccccc3)c(OC)c2)cc1. The van der Waals surface area contributed by atoms with Crippen molar-refractivity contribution >= 4 is 6.21 Å². The van der Waals surface area contributed by atoms with E-state index in [9.17, 15) is 0 Å². The van der Waals surface area contributed by atoms with E-state index < -0.39 is 0 Å². The standard InChI is InChI=1S/C25H27NO5/c1-3-28-22-10-12-23(13-11-22)29-15-16-31-26-18-21-9-14-24(25(17-21)27-2)30-19-20-7-5-4-6-8-20/h4-14,17-18H,3,15-16,19H2,1-2H3/b26-18+. The van der Waals surface area contributed by atoms with Crippen molar-refractivity contribution in [3.63, 3.8) is 0 Å². The molecular formula is C25H27NO5. The van der Waals surface area contributed by atoms with E-state index >= 15 is 0 Å². The number of benzene rings is 3. The molecule has 0 spiro atoms. The molecule has 0 N–H and O–H groups in total. The number of nitrogens with zero attached hydrogens (tertiary/aromatic N) is 1. The van der Waals surface area contributed by atoms with Crippen LogP contribution >= 0.6 is 0 Å². The van der Waals surface area contributed by atoms with Gasteiger partial charge in [-0.2, -0.15) is 0 Å². The van der Waals surface area contributed by atoms with Crippen LogP contribution in [0.5, 0.6) is 23.0 Å². The zero-order chi connectivity index (χ0) is 21.7. The monoisotopic (exact) mass is 421 g/mol. The van der Waals surface area contributed by atoms with Crippen LogP contribution in [0.3, 0.4) is 0 Å². The summed E-state index contributed by atoms with van der Waals surface area (Å²) in [6, 6.07) is 23.1. The molecule has 162 valence electrons. The van der Waals surface area contributed by atoms with Crippen molar-refractivity contribution < 1.29 is 23.8 Å². The normalized spacial score (nSPS) is 10.6. The number of ether oxygens (including phenoxy) is 4. The minimum absolute atomic E-state index is 0.332. The van der Waals surface area contributed by atoms with Gasteiger partial charge in [-0.3, -0.25) is 0 Å². The third-order valence-electron chi connectivity index (χ3n) is 4.28. The Morgan fingerprint density at radius 3 is 2.23 bits per heavy atom. The lowest BCUT2D eigenvalue weighted by molar-refractivity contribution is 0.108. The van der Waals surface area contributed by atoms with E-state index in [1.165, 1.54) is 0 Å². The van der Waals surface area contributed by atoms with E-state index in [-0.39, 0.29) is 0 Å². The van der Waals surface area contributed by atoms with E-state index in [0.717, 1.165) is 22.6 Å². The van der Waals surface area contributed by atoms with Crippen LogP contribution < -0.4 is 18.9 Å². The third kappa shape index (κ3) is 7.26. The lowest BCUT2D eigenvalue weighted by Crippen LogP contribution is -2.04. The van der Waals surface area contributed by atoms with E-state index in [4.69, 9.17) is 23.8 Å². The highest BCUT2D eigenvalue weighted by molar-refractivity contribution is 5.80. The van der Waals surface area contributed by atoms with Crippen LogP contribution in [0, 0.1) is 0 Å². The Kier molecular flexibility index (Phi) is 8.61. The molecule has 3 aromatic rings. The first kappa shape index (κ1) is 22.0. The first-order valence-corrected chi connectivity index (χ1v) is 10.1. The maximum atomic E-state index is 5.86. The summed E-state index contributed by atoms with van der Waals surface area (Å²) in [4.78, 5) is 5.28. The summed E-state index contributed by atoms with van der Waals surface area (Å²) in [7, 11) is 1.61. The number of methoxy groups -OCH3 is 1. The molecule has 6 nitrogen and oxygen atoms in total. The quantitative estimate of drug-likeness (QED) is 0.231. The minimum Gasteiger partial charge on any atom is -0.494 e. The largest absolute Gasteiger partial charge is 0.494 e. The molecule has 31 heavy (non-hydrogen) atoms. The number of hydrogen-bond donors (Lipinski definition) is 0. The average molecular weight is 421 g/mol. The summed E-state index contributed by atoms with van der Waals surface area (Å²) < 4.78 is 22.3. The topological polar surface area (TPSA) is 58.5 Å². The molecule has 0 saturated heterocycles. The third-order valence-corrected chi connectivity index (χ3v) is 4.28. The van der Waals surface area contributed by atoms with Crippen LogP contribution in [-0.2, 0) is 11.4 Å². The highest BCUT2D eigenvalue weighted by atomic mass is 16.6. The van der Waals surface area contributed by atoms with Gasteiger partial charge in [0.1, 0.15) is 24.7 Å². The molecule has 3 aromatic carbocycles. The lowest BCUT2D eigenvalue weighted by atomic mass is 10.2. The second-order valence-corrected chi connectivity index (χ2v) is 6.51. The molecule has 0 aliphatic carbocycles. The second kappa shape index (κ2) is 12.1. The zero-order valence-electron chi connectivity index (χ0n) is 17.8. The van der Waals surface area contributed by atoms with Crippen LogP contribution in [0.1, 0.15) is 18.1 Å². The molecular weight excluding hydrogens is 394 g/mol. The average Bonchev–Trinajstić information content (AvgIpc) is 2.82. The van der Waals surface area contributed by atoms with Gasteiger partial charge in [-0.15, -0.1) is 0 Å². The van der Waals surface area contributed by atoms with Crippen LogP contribution in [0.25, 0.3) is 0 Å². The summed E-state index contributed by atoms with van der Waals surface area (Å²) in [5, 5.41) is 3.99. The molecule has 0 saturated carbocycles. The Labute approximate surface area is 183 Å². The van der Waals surface area contributed by atoms with Crippen molar-refractivity contribution in [3.05, 3.63) is 83.9 Å². The zero-order valence-corrected chi connectivity index (χ0v) is 17.8. The fourth-order valence-corrected chi connectivity index (χ4v) is 2.77. The molecule has 0 amide bonds. The molecule has 6 heteroatoms. The van der Waals surface area contributed by atoms with Gasteiger partial charge in [0.25, 0.3) is 0 Å². The Morgan fingerprint density at radius 1 is 0.774 bits per heavy atom. The second-order valence-electron chi connectivity index (χ2n) is 6.51. The number of oxime groups is 1. The summed E-state index contributed by atoms with van der Waals surface area (Å²) in [5.74, 6) is 2.89. The molecule has 0 heterocycles. The molecule has 0 radical (unpaired) electrons. The maximum Gasteiger partial charge on any atom is 0.161 e. The van der Waals surface area contributed by atoms with Gasteiger partial charge in [0.2, 0.25) is 0 Å². The van der Waals surface area contributed by atoms with Crippen molar-refractivity contribution in [1.82, 2.24) is 0 Å². The molecule has 0 aliphatic rings. The van der Waals surface area contributed by atoms with Crippen LogP contribution in [0.2, 0.25) is 0 Å². The fourth-order valence-electron chi connectivity index (χ4n) is 2.77. The van der Waals surface area contributed by atoms with Gasteiger partial charge < -0.3 is 23.8 Å². The molecule has 0 aliphatic heterocycles. The molecule has 0 bridgehead atoms. The molecule has 0 aromatic heterocycles. The smallest absolute Gasteiger partial charge is 0.161 e. The van der Waals surface area contributed by atoms with E-state index in [0.29, 0.717) is 37.9 Å². The van der Waals surface area contributed by atoms with Crippen molar-refractivity contribution in [2.24, 2.45) is 5.16 Å². The minimum atomic E-state index is 0.332. The predicted molar refractivity (Wildman–Crippen MR) is 120 cm³/mol. The summed E-state index contributed by atoms with van der Waals surface area (Å²) in [6.45, 7) is 3.79. The summed E-state index contributed by atoms with van der Waals surface area (Å²) in [6.07, 6.45) is 1.63. The molecule has 0 atom stereocenters. The van der Waals surface area contributed by atoms with E-state index in [1.54, 1.807) is 13.3 Å². The van der Waals surface area contributed by atoms with E-state index in [1.807, 2.05) is 79.7 Å². The molecule has 3 rings (SSSR count). The van der Waals surface area contributed by atoms with E-state index in [2.05, 4.69) is 5.16 Å². The van der Waals surface area contributed by atoms with Crippen LogP contribution in [0.4, 0.5) is 0 Å². The van der Waals surface area contributed by atoms with Crippen LogP contribution in [0.15, 0.2) is 78.0 Å². The van der Waals surface area contributed by atoms with Gasteiger partial charge in [-0.05, 0) is 55.0 Å². The predicted octanol–water partition coefficient (Wildman–Crippen LogP) is 5.10. The van der Waals surface area contributed by atoms with Crippen molar-refractivity contribution in [2.45, 2.75) is 13.5 Å². The molecule has 0 fully saturated rings. The first-order valence-electron chi connectivity index (χ1n) is 10.1. The van der Waals surface area contributed by atoms with Gasteiger partial charge >= 0.3 is 0 Å². The van der Waals surface area contributed by atoms with Gasteiger partial charge in [0.05, 0.1) is 19.9 Å². The summed E-state index contributed by atoms with van der Waals surface area (Å²) in [5.41, 5.74) is 1.94. The lowest BCUT2D eigenvalue weighted by Gasteiger charge is -2.11. The first-order chi connectivity index (χ1) is 15.3. The Balaban J connectivity index is 1.42. The summed E-state index contributed by atoms with van der Waals surface area (Å²) >= 11 is 0. The maximum absolute atomic E-state index is 5.86. The van der Waals surface area contributed by atoms with Gasteiger partial charge in [0, 0.05) is 5.56 Å². The van der Waals surface area contributed by atoms with Gasteiger partial charge in [0.15, 0.2) is 18.1 Å². The van der Waals surface area contributed by atoms with Gasteiger partial charge in [-0.25, -0.2) is 0 Å². The Bertz CT molecular complexity index is 942. The van der Waals surface area contributed by atoms with Crippen molar-refractivity contribution in [1.29, 1.82) is 0 Å². The number of hydrogen-bond acceptors (Lipinski definition) is 6. The Morgan fingerprint density at radius 2 is 1.52 bits per heavy atom. The van der Waals surface area contributed by atoms with Crippen LogP contribution in [-0.4, -0.2) is 33.1 Å². The molecule has 0 unspecified atom stereocenters. The highest BCUT2D eigenvalue weighted by Crippen LogP contribution is 2.28. The highest BCUT2D eigenvalue weighted by Gasteiger charge is 2.05. The fraction of sp³-hybridized carbons (Fsp3) is 0.240. The van der Waals surface area contributed by atoms with Crippen molar-refractivity contribution in [2.75, 3.05) is 26.9 Å². The Hall–Kier alpha value is -3.67. The van der Waals surface area contributed by atoms with Gasteiger partial charge in [-0.1, -0.05) is 35.5 Å². The van der Waals surface area contributed by atoms with Crippen molar-refractivity contribution in [3.8, 4) is 23.0 Å². The number of rotatable bonds is 12.